The Morgan fingerprint density at radius 2 is 1.71 bits per heavy atom. The molecular formula is C17H12F2O2. The molecule has 0 amide bonds. The molecule has 2 aromatic rings. The molecule has 0 N–H and O–H groups in total. The molecular weight excluding hydrogens is 274 g/mol. The molecule has 0 aliphatic carbocycles. The molecule has 0 aromatic heterocycles. The highest BCUT2D eigenvalue weighted by atomic mass is 19.1. The highest BCUT2D eigenvalue weighted by Gasteiger charge is 2.24. The van der Waals surface area contributed by atoms with Crippen molar-refractivity contribution in [3.63, 3.8) is 0 Å². The van der Waals surface area contributed by atoms with Gasteiger partial charge in [-0.3, -0.25) is 4.79 Å². The number of rotatable bonds is 2. The van der Waals surface area contributed by atoms with Gasteiger partial charge in [-0.1, -0.05) is 12.1 Å². The Morgan fingerprint density at radius 1 is 1.05 bits per heavy atom. The van der Waals surface area contributed by atoms with Gasteiger partial charge in [-0.25, -0.2) is 8.78 Å². The summed E-state index contributed by atoms with van der Waals surface area (Å²) in [6.45, 7) is 1.56. The van der Waals surface area contributed by atoms with Crippen molar-refractivity contribution in [2.45, 2.75) is 6.92 Å². The zero-order valence-electron chi connectivity index (χ0n) is 11.3. The highest BCUT2D eigenvalue weighted by Crippen LogP contribution is 2.38. The molecule has 4 heteroatoms. The molecule has 0 atom stereocenters. The lowest BCUT2D eigenvalue weighted by Gasteiger charge is -2.23. The van der Waals surface area contributed by atoms with Gasteiger partial charge in [-0.2, -0.15) is 0 Å². The summed E-state index contributed by atoms with van der Waals surface area (Å²) < 4.78 is 32.2. The van der Waals surface area contributed by atoms with Gasteiger partial charge in [-0.05, 0) is 42.8 Å². The highest BCUT2D eigenvalue weighted by molar-refractivity contribution is 6.06. The van der Waals surface area contributed by atoms with Crippen LogP contribution in [0, 0.1) is 11.6 Å². The van der Waals surface area contributed by atoms with Gasteiger partial charge in [0, 0.05) is 16.7 Å². The first-order chi connectivity index (χ1) is 10.1. The number of hydrogen-bond donors (Lipinski definition) is 0. The quantitative estimate of drug-likeness (QED) is 0.840. The Hall–Kier alpha value is -2.49. The lowest BCUT2D eigenvalue weighted by atomic mass is 9.89. The molecule has 0 saturated heterocycles. The van der Waals surface area contributed by atoms with E-state index in [1.165, 1.54) is 37.3 Å². The molecule has 106 valence electrons. The van der Waals surface area contributed by atoms with Gasteiger partial charge in [-0.15, -0.1) is 0 Å². The molecule has 2 nitrogen and oxygen atoms in total. The van der Waals surface area contributed by atoms with Crippen molar-refractivity contribution < 1.29 is 18.3 Å². The van der Waals surface area contributed by atoms with E-state index in [1.807, 2.05) is 0 Å². The van der Waals surface area contributed by atoms with Crippen molar-refractivity contribution in [3.8, 4) is 5.75 Å². The Balaban J connectivity index is 2.27. The maximum atomic E-state index is 13.6. The number of halogens is 2. The second-order valence-corrected chi connectivity index (χ2v) is 4.85. The van der Waals surface area contributed by atoms with E-state index in [0.29, 0.717) is 28.0 Å². The number of ketones is 1. The number of ether oxygens (including phenoxy) is 1. The van der Waals surface area contributed by atoms with Gasteiger partial charge in [0.05, 0.1) is 0 Å². The van der Waals surface area contributed by atoms with Crippen LogP contribution in [0.3, 0.4) is 0 Å². The minimum absolute atomic E-state index is 0.126. The fraction of sp³-hybridized carbons (Fsp3) is 0.118. The van der Waals surface area contributed by atoms with E-state index in [9.17, 15) is 13.6 Å². The third-order valence-corrected chi connectivity index (χ3v) is 3.44. The zero-order valence-corrected chi connectivity index (χ0v) is 11.3. The second-order valence-electron chi connectivity index (χ2n) is 4.85. The number of fused-ring (bicyclic) bond motifs is 1. The van der Waals surface area contributed by atoms with Crippen LogP contribution in [-0.2, 0) is 4.79 Å². The van der Waals surface area contributed by atoms with Crippen LogP contribution in [0.15, 0.2) is 48.0 Å². The SMILES string of the molecule is CC(=O)C1=C(c2ccc(F)cc2)c2cc(F)ccc2OC1. The molecule has 0 radical (unpaired) electrons. The average molecular weight is 286 g/mol. The lowest BCUT2D eigenvalue weighted by molar-refractivity contribution is -0.113. The van der Waals surface area contributed by atoms with E-state index in [2.05, 4.69) is 0 Å². The minimum atomic E-state index is -0.415. The average Bonchev–Trinajstić information content (AvgIpc) is 2.47. The summed E-state index contributed by atoms with van der Waals surface area (Å²) >= 11 is 0. The van der Waals surface area contributed by atoms with Gasteiger partial charge in [0.25, 0.3) is 0 Å². The fourth-order valence-electron chi connectivity index (χ4n) is 2.43. The van der Waals surface area contributed by atoms with Crippen LogP contribution in [0.5, 0.6) is 5.75 Å². The maximum absolute atomic E-state index is 13.6. The van der Waals surface area contributed by atoms with Crippen LogP contribution >= 0.6 is 0 Å². The molecule has 1 heterocycles. The predicted molar refractivity (Wildman–Crippen MR) is 75.0 cm³/mol. The van der Waals surface area contributed by atoms with Crippen LogP contribution in [0.2, 0.25) is 0 Å². The van der Waals surface area contributed by atoms with Gasteiger partial charge >= 0.3 is 0 Å². The summed E-state index contributed by atoms with van der Waals surface area (Å²) in [4.78, 5) is 11.8. The molecule has 0 spiro atoms. The third kappa shape index (κ3) is 2.44. The molecule has 0 fully saturated rings. The summed E-state index contributed by atoms with van der Waals surface area (Å²) in [6, 6.07) is 9.95. The normalized spacial score (nSPS) is 13.7. The van der Waals surface area contributed by atoms with Crippen LogP contribution < -0.4 is 4.74 Å². The predicted octanol–water partition coefficient (Wildman–Crippen LogP) is 3.75. The number of benzene rings is 2. The van der Waals surface area contributed by atoms with Crippen LogP contribution in [0.4, 0.5) is 8.78 Å². The Labute approximate surface area is 120 Å². The first kappa shape index (κ1) is 13.5. The Morgan fingerprint density at radius 3 is 2.38 bits per heavy atom. The van der Waals surface area contributed by atoms with E-state index in [0.717, 1.165) is 0 Å². The maximum Gasteiger partial charge on any atom is 0.159 e. The topological polar surface area (TPSA) is 26.3 Å². The van der Waals surface area contributed by atoms with Crippen molar-refractivity contribution in [1.82, 2.24) is 0 Å². The summed E-state index contributed by atoms with van der Waals surface area (Å²) in [5.41, 5.74) is 2.23. The van der Waals surface area contributed by atoms with E-state index in [4.69, 9.17) is 4.74 Å². The smallest absolute Gasteiger partial charge is 0.159 e. The summed E-state index contributed by atoms with van der Waals surface area (Å²) in [5, 5.41) is 0. The number of hydrogen-bond acceptors (Lipinski definition) is 2. The van der Waals surface area contributed by atoms with Crippen molar-refractivity contribution >= 4 is 11.4 Å². The largest absolute Gasteiger partial charge is 0.488 e. The molecule has 3 rings (SSSR count). The monoisotopic (exact) mass is 286 g/mol. The number of carbonyl (C=O) groups excluding carboxylic acids is 1. The van der Waals surface area contributed by atoms with Gasteiger partial charge in [0.15, 0.2) is 5.78 Å². The first-order valence-electron chi connectivity index (χ1n) is 6.49. The van der Waals surface area contributed by atoms with Crippen molar-refractivity contribution in [3.05, 3.63) is 70.8 Å². The van der Waals surface area contributed by atoms with Crippen molar-refractivity contribution in [1.29, 1.82) is 0 Å². The standard InChI is InChI=1S/C17H12F2O2/c1-10(20)15-9-21-16-7-6-13(19)8-14(16)17(15)11-2-4-12(18)5-3-11/h2-8H,9H2,1H3. The van der Waals surface area contributed by atoms with Gasteiger partial charge in [0.1, 0.15) is 24.0 Å². The summed E-state index contributed by atoms with van der Waals surface area (Å²) in [6.07, 6.45) is 0. The van der Waals surface area contributed by atoms with Gasteiger partial charge in [0.2, 0.25) is 0 Å². The van der Waals surface area contributed by atoms with E-state index >= 15 is 0 Å². The Bertz CT molecular complexity index is 746. The van der Waals surface area contributed by atoms with Crippen molar-refractivity contribution in [2.75, 3.05) is 6.61 Å². The van der Waals surface area contributed by atoms with Crippen LogP contribution in [0.1, 0.15) is 18.1 Å². The molecule has 1 aliphatic rings. The minimum Gasteiger partial charge on any atom is -0.488 e. The molecule has 2 aromatic carbocycles. The molecule has 0 unspecified atom stereocenters. The van der Waals surface area contributed by atoms with Gasteiger partial charge < -0.3 is 4.74 Å². The first-order valence-corrected chi connectivity index (χ1v) is 6.49. The van der Waals surface area contributed by atoms with E-state index in [1.54, 1.807) is 12.1 Å². The molecule has 21 heavy (non-hydrogen) atoms. The van der Waals surface area contributed by atoms with E-state index < -0.39 is 5.82 Å². The summed E-state index contributed by atoms with van der Waals surface area (Å²) in [5.74, 6) is -0.415. The van der Waals surface area contributed by atoms with E-state index in [-0.39, 0.29) is 18.2 Å². The van der Waals surface area contributed by atoms with Crippen LogP contribution in [0.25, 0.3) is 5.57 Å². The second kappa shape index (κ2) is 5.13. The number of Topliss-reactive ketones (excluding diaryl/α,β-unsaturated/α-hetero) is 1. The van der Waals surface area contributed by atoms with Crippen molar-refractivity contribution in [2.24, 2.45) is 0 Å². The third-order valence-electron chi connectivity index (χ3n) is 3.44. The lowest BCUT2D eigenvalue weighted by Crippen LogP contribution is -2.17. The zero-order chi connectivity index (χ0) is 15.0. The van der Waals surface area contributed by atoms with Crippen LogP contribution in [-0.4, -0.2) is 12.4 Å². The summed E-state index contributed by atoms with van der Waals surface area (Å²) in [7, 11) is 0. The molecule has 0 saturated carbocycles. The molecule has 0 bridgehead atoms. The molecule has 1 aliphatic heterocycles. The fourth-order valence-corrected chi connectivity index (χ4v) is 2.43. The number of carbonyl (C=O) groups is 1. The Kier molecular flexibility index (Phi) is 3.29.